The molecule has 0 spiro atoms. The molecule has 2 N–H and O–H groups in total. The molecule has 0 aliphatic carbocycles. The SMILES string of the molecule is Cc1nc(N2CCN(C(=O)OC(C)(C)C)C(C)C2)ccc1N. The lowest BCUT2D eigenvalue weighted by atomic mass is 10.2. The van der Waals surface area contributed by atoms with E-state index in [9.17, 15) is 4.79 Å². The first-order chi connectivity index (χ1) is 10.2. The Hall–Kier alpha value is -1.98. The van der Waals surface area contributed by atoms with Crippen molar-refractivity contribution in [3.8, 4) is 0 Å². The van der Waals surface area contributed by atoms with Crippen molar-refractivity contribution in [2.24, 2.45) is 0 Å². The zero-order chi connectivity index (χ0) is 16.5. The van der Waals surface area contributed by atoms with Crippen LogP contribution in [0.1, 0.15) is 33.4 Å². The van der Waals surface area contributed by atoms with E-state index in [1.54, 1.807) is 4.90 Å². The highest BCUT2D eigenvalue weighted by molar-refractivity contribution is 5.69. The molecule has 1 saturated heterocycles. The molecule has 0 bridgehead atoms. The second kappa shape index (κ2) is 6.02. The highest BCUT2D eigenvalue weighted by Gasteiger charge is 2.31. The predicted molar refractivity (Wildman–Crippen MR) is 88.0 cm³/mol. The third-order valence-electron chi connectivity index (χ3n) is 3.69. The van der Waals surface area contributed by atoms with Gasteiger partial charge in [0.15, 0.2) is 0 Å². The lowest BCUT2D eigenvalue weighted by Crippen LogP contribution is -2.55. The number of carbonyl (C=O) groups is 1. The van der Waals surface area contributed by atoms with Crippen molar-refractivity contribution in [1.82, 2.24) is 9.88 Å². The third kappa shape index (κ3) is 3.81. The number of hydrogen-bond acceptors (Lipinski definition) is 5. The van der Waals surface area contributed by atoms with Gasteiger partial charge in [0, 0.05) is 25.7 Å². The van der Waals surface area contributed by atoms with E-state index in [1.165, 1.54) is 0 Å². The van der Waals surface area contributed by atoms with Gasteiger partial charge in [-0.15, -0.1) is 0 Å². The van der Waals surface area contributed by atoms with E-state index in [1.807, 2.05) is 46.8 Å². The molecule has 1 fully saturated rings. The van der Waals surface area contributed by atoms with E-state index in [-0.39, 0.29) is 12.1 Å². The fraction of sp³-hybridized carbons (Fsp3) is 0.625. The number of carbonyl (C=O) groups excluding carboxylic acids is 1. The van der Waals surface area contributed by atoms with Gasteiger partial charge in [0.25, 0.3) is 0 Å². The molecule has 1 atom stereocenters. The van der Waals surface area contributed by atoms with E-state index < -0.39 is 5.60 Å². The van der Waals surface area contributed by atoms with E-state index >= 15 is 0 Å². The maximum Gasteiger partial charge on any atom is 0.410 e. The maximum absolute atomic E-state index is 12.2. The van der Waals surface area contributed by atoms with Crippen LogP contribution >= 0.6 is 0 Å². The number of aromatic nitrogens is 1. The molecule has 6 heteroatoms. The van der Waals surface area contributed by atoms with E-state index in [0.717, 1.165) is 24.6 Å². The summed E-state index contributed by atoms with van der Waals surface area (Å²) < 4.78 is 5.46. The number of nitrogens with two attached hydrogens (primary N) is 1. The van der Waals surface area contributed by atoms with Crippen molar-refractivity contribution in [1.29, 1.82) is 0 Å². The summed E-state index contributed by atoms with van der Waals surface area (Å²) in [5.74, 6) is 0.905. The summed E-state index contributed by atoms with van der Waals surface area (Å²) in [6.07, 6.45) is -0.249. The molecule has 2 rings (SSSR count). The second-order valence-electron chi connectivity index (χ2n) is 6.81. The van der Waals surface area contributed by atoms with E-state index in [2.05, 4.69) is 9.88 Å². The Bertz CT molecular complexity index is 554. The molecular weight excluding hydrogens is 280 g/mol. The number of piperazine rings is 1. The lowest BCUT2D eigenvalue weighted by molar-refractivity contribution is 0.0158. The number of ether oxygens (including phenoxy) is 1. The third-order valence-corrected chi connectivity index (χ3v) is 3.69. The zero-order valence-corrected chi connectivity index (χ0v) is 14.1. The predicted octanol–water partition coefficient (Wildman–Crippen LogP) is 2.42. The van der Waals surface area contributed by atoms with Crippen LogP contribution in [0.5, 0.6) is 0 Å². The smallest absolute Gasteiger partial charge is 0.410 e. The molecule has 6 nitrogen and oxygen atoms in total. The summed E-state index contributed by atoms with van der Waals surface area (Å²) in [6.45, 7) is 11.7. The van der Waals surface area contributed by atoms with Gasteiger partial charge in [-0.25, -0.2) is 9.78 Å². The summed E-state index contributed by atoms with van der Waals surface area (Å²) in [7, 11) is 0. The van der Waals surface area contributed by atoms with Crippen molar-refractivity contribution in [2.75, 3.05) is 30.3 Å². The second-order valence-corrected chi connectivity index (χ2v) is 6.81. The maximum atomic E-state index is 12.2. The van der Waals surface area contributed by atoms with Gasteiger partial charge in [-0.1, -0.05) is 0 Å². The average Bonchev–Trinajstić information content (AvgIpc) is 2.39. The molecule has 1 aliphatic rings. The molecule has 1 aliphatic heterocycles. The Labute approximate surface area is 132 Å². The number of hydrogen-bond donors (Lipinski definition) is 1. The minimum absolute atomic E-state index is 0.0725. The van der Waals surface area contributed by atoms with Crippen molar-refractivity contribution >= 4 is 17.6 Å². The van der Waals surface area contributed by atoms with Crippen LogP contribution in [0.2, 0.25) is 0 Å². The number of nitrogen functional groups attached to an aromatic ring is 1. The quantitative estimate of drug-likeness (QED) is 0.862. The van der Waals surface area contributed by atoms with Crippen molar-refractivity contribution in [3.05, 3.63) is 17.8 Å². The molecule has 122 valence electrons. The van der Waals surface area contributed by atoms with Crippen LogP contribution in [-0.4, -0.2) is 47.3 Å². The fourth-order valence-corrected chi connectivity index (χ4v) is 2.49. The average molecular weight is 306 g/mol. The Morgan fingerprint density at radius 1 is 1.36 bits per heavy atom. The van der Waals surface area contributed by atoms with Gasteiger partial charge in [-0.05, 0) is 46.8 Å². The fourth-order valence-electron chi connectivity index (χ4n) is 2.49. The van der Waals surface area contributed by atoms with Gasteiger partial charge >= 0.3 is 6.09 Å². The zero-order valence-electron chi connectivity index (χ0n) is 14.1. The molecule has 1 unspecified atom stereocenters. The van der Waals surface area contributed by atoms with E-state index in [4.69, 9.17) is 10.5 Å². The van der Waals surface area contributed by atoms with Gasteiger partial charge in [0.05, 0.1) is 11.4 Å². The summed E-state index contributed by atoms with van der Waals surface area (Å²) in [4.78, 5) is 20.7. The molecule has 0 radical (unpaired) electrons. The van der Waals surface area contributed by atoms with Crippen LogP contribution in [0.4, 0.5) is 16.3 Å². The van der Waals surface area contributed by atoms with Gasteiger partial charge in [-0.2, -0.15) is 0 Å². The highest BCUT2D eigenvalue weighted by Crippen LogP contribution is 2.21. The van der Waals surface area contributed by atoms with Gasteiger partial charge in [-0.3, -0.25) is 0 Å². The van der Waals surface area contributed by atoms with Crippen LogP contribution in [0.3, 0.4) is 0 Å². The van der Waals surface area contributed by atoms with Gasteiger partial charge in [0.2, 0.25) is 0 Å². The number of pyridine rings is 1. The minimum atomic E-state index is -0.469. The molecule has 0 saturated carbocycles. The Kier molecular flexibility index (Phi) is 4.49. The summed E-state index contributed by atoms with van der Waals surface area (Å²) in [5.41, 5.74) is 6.88. The first kappa shape index (κ1) is 16.4. The Balaban J connectivity index is 2.03. The van der Waals surface area contributed by atoms with Crippen LogP contribution in [0.25, 0.3) is 0 Å². The molecular formula is C16H26N4O2. The summed E-state index contributed by atoms with van der Waals surface area (Å²) >= 11 is 0. The van der Waals surface area contributed by atoms with Gasteiger partial charge < -0.3 is 20.3 Å². The molecule has 0 aromatic carbocycles. The molecule has 1 aromatic rings. The van der Waals surface area contributed by atoms with Crippen LogP contribution in [0, 0.1) is 6.92 Å². The van der Waals surface area contributed by atoms with Crippen LogP contribution in [0.15, 0.2) is 12.1 Å². The topological polar surface area (TPSA) is 71.7 Å². The number of anilines is 2. The Morgan fingerprint density at radius 3 is 2.59 bits per heavy atom. The monoisotopic (exact) mass is 306 g/mol. The molecule has 1 aromatic heterocycles. The number of aryl methyl sites for hydroxylation is 1. The van der Waals surface area contributed by atoms with Crippen LogP contribution in [-0.2, 0) is 4.74 Å². The van der Waals surface area contributed by atoms with Crippen molar-refractivity contribution in [3.63, 3.8) is 0 Å². The number of nitrogens with zero attached hydrogens (tertiary/aromatic N) is 3. The first-order valence-electron chi connectivity index (χ1n) is 7.65. The standard InChI is InChI=1S/C16H26N4O2/c1-11-10-19(14-7-6-13(17)12(2)18-14)8-9-20(11)15(21)22-16(3,4)5/h6-7,11H,8-10,17H2,1-5H3. The molecule has 22 heavy (non-hydrogen) atoms. The minimum Gasteiger partial charge on any atom is -0.444 e. The largest absolute Gasteiger partial charge is 0.444 e. The first-order valence-corrected chi connectivity index (χ1v) is 7.65. The molecule has 1 amide bonds. The van der Waals surface area contributed by atoms with Crippen LogP contribution < -0.4 is 10.6 Å². The highest BCUT2D eigenvalue weighted by atomic mass is 16.6. The molecule has 2 heterocycles. The number of amides is 1. The summed E-state index contributed by atoms with van der Waals surface area (Å²) in [5, 5.41) is 0. The van der Waals surface area contributed by atoms with Crippen molar-refractivity contribution in [2.45, 2.75) is 46.3 Å². The van der Waals surface area contributed by atoms with Crippen molar-refractivity contribution < 1.29 is 9.53 Å². The Morgan fingerprint density at radius 2 is 2.05 bits per heavy atom. The lowest BCUT2D eigenvalue weighted by Gasteiger charge is -2.40. The summed E-state index contributed by atoms with van der Waals surface area (Å²) in [6, 6.07) is 3.88. The number of rotatable bonds is 1. The van der Waals surface area contributed by atoms with Gasteiger partial charge in [0.1, 0.15) is 11.4 Å². The van der Waals surface area contributed by atoms with E-state index in [0.29, 0.717) is 12.2 Å². The normalized spacial score (nSPS) is 19.2.